The number of carbonyl (C=O) groups excluding carboxylic acids is 2. The molecule has 3 nitrogen and oxygen atoms in total. The molecular formula is C15H25NO2. The van der Waals surface area contributed by atoms with Crippen LogP contribution in [0.1, 0.15) is 65.2 Å². The molecule has 2 fully saturated rings. The molecule has 1 amide bonds. The van der Waals surface area contributed by atoms with Gasteiger partial charge in [0, 0.05) is 24.4 Å². The smallest absolute Gasteiger partial charge is 0.229 e. The molecule has 1 aliphatic heterocycles. The van der Waals surface area contributed by atoms with Crippen molar-refractivity contribution in [2.24, 2.45) is 5.41 Å². The lowest BCUT2D eigenvalue weighted by Crippen LogP contribution is -2.45. The molecule has 2 aliphatic rings. The van der Waals surface area contributed by atoms with Crippen LogP contribution in [0, 0.1) is 5.41 Å². The van der Waals surface area contributed by atoms with E-state index in [1.54, 1.807) is 6.92 Å². The van der Waals surface area contributed by atoms with Crippen molar-refractivity contribution in [3.8, 4) is 0 Å². The normalized spacial score (nSPS) is 26.6. The quantitative estimate of drug-likeness (QED) is 0.770. The second-order valence-electron chi connectivity index (χ2n) is 6.04. The fourth-order valence-electron chi connectivity index (χ4n) is 3.72. The monoisotopic (exact) mass is 251 g/mol. The molecule has 18 heavy (non-hydrogen) atoms. The predicted octanol–water partition coefficient (Wildman–Crippen LogP) is 2.93. The molecule has 0 aromatic heterocycles. The number of nitrogens with zero attached hydrogens (tertiary/aromatic N) is 1. The number of ketones is 1. The molecule has 3 heteroatoms. The average Bonchev–Trinajstić information content (AvgIpc) is 2.96. The van der Waals surface area contributed by atoms with Gasteiger partial charge >= 0.3 is 0 Å². The summed E-state index contributed by atoms with van der Waals surface area (Å²) in [7, 11) is 0. The Morgan fingerprint density at radius 1 is 1.22 bits per heavy atom. The van der Waals surface area contributed by atoms with E-state index in [-0.39, 0.29) is 17.2 Å². The van der Waals surface area contributed by atoms with Crippen molar-refractivity contribution < 1.29 is 9.59 Å². The van der Waals surface area contributed by atoms with E-state index in [1.807, 2.05) is 4.90 Å². The Morgan fingerprint density at radius 2 is 1.89 bits per heavy atom. The fraction of sp³-hybridized carbons (Fsp3) is 0.867. The molecule has 0 N–H and O–H groups in total. The summed E-state index contributed by atoms with van der Waals surface area (Å²) >= 11 is 0. The van der Waals surface area contributed by atoms with Crippen LogP contribution >= 0.6 is 0 Å². The first-order valence-electron chi connectivity index (χ1n) is 7.39. The highest BCUT2D eigenvalue weighted by Gasteiger charge is 2.44. The van der Waals surface area contributed by atoms with E-state index in [1.165, 1.54) is 12.8 Å². The lowest BCUT2D eigenvalue weighted by Gasteiger charge is -2.34. The van der Waals surface area contributed by atoms with Crippen molar-refractivity contribution in [2.75, 3.05) is 6.54 Å². The molecule has 2 rings (SSSR count). The molecule has 1 aliphatic carbocycles. The Balaban J connectivity index is 2.09. The minimum atomic E-state index is -0.0978. The van der Waals surface area contributed by atoms with Crippen LogP contribution in [0.2, 0.25) is 0 Å². The van der Waals surface area contributed by atoms with E-state index in [4.69, 9.17) is 0 Å². The molecule has 1 atom stereocenters. The second kappa shape index (κ2) is 5.41. The topological polar surface area (TPSA) is 37.4 Å². The highest BCUT2D eigenvalue weighted by atomic mass is 16.2. The van der Waals surface area contributed by atoms with E-state index in [9.17, 15) is 9.59 Å². The molecule has 1 unspecified atom stereocenters. The minimum absolute atomic E-state index is 0.0978. The lowest BCUT2D eigenvalue weighted by molar-refractivity contribution is -0.143. The van der Waals surface area contributed by atoms with Crippen LogP contribution in [0.3, 0.4) is 0 Å². The van der Waals surface area contributed by atoms with Crippen LogP contribution in [0.15, 0.2) is 0 Å². The largest absolute Gasteiger partial charge is 0.339 e. The summed E-state index contributed by atoms with van der Waals surface area (Å²) in [4.78, 5) is 26.1. The first-order chi connectivity index (χ1) is 8.59. The van der Waals surface area contributed by atoms with Crippen molar-refractivity contribution in [3.05, 3.63) is 0 Å². The summed E-state index contributed by atoms with van der Waals surface area (Å²) in [5.41, 5.74) is -0.0978. The number of Topliss-reactive ketones (excluding diaryl/α,β-unsaturated/α-hetero) is 1. The molecular weight excluding hydrogens is 226 g/mol. The average molecular weight is 251 g/mol. The van der Waals surface area contributed by atoms with Gasteiger partial charge in [-0.3, -0.25) is 9.59 Å². The maximum Gasteiger partial charge on any atom is 0.229 e. The Bertz CT molecular complexity index is 331. The summed E-state index contributed by atoms with van der Waals surface area (Å²) in [6.07, 6.45) is 8.03. The maximum absolute atomic E-state index is 12.8. The number of rotatable bonds is 4. The van der Waals surface area contributed by atoms with E-state index in [0.717, 1.165) is 38.6 Å². The Hall–Kier alpha value is -0.860. The maximum atomic E-state index is 12.8. The third-order valence-corrected chi connectivity index (χ3v) is 4.85. The van der Waals surface area contributed by atoms with Gasteiger partial charge in [-0.1, -0.05) is 19.8 Å². The number of hydrogen-bond acceptors (Lipinski definition) is 2. The lowest BCUT2D eigenvalue weighted by atomic mass is 9.81. The summed E-state index contributed by atoms with van der Waals surface area (Å²) in [6.45, 7) is 4.63. The predicted molar refractivity (Wildman–Crippen MR) is 71.2 cm³/mol. The first kappa shape index (κ1) is 13.6. The molecule has 0 bridgehead atoms. The Kier molecular flexibility index (Phi) is 4.08. The van der Waals surface area contributed by atoms with Gasteiger partial charge in [-0.05, 0) is 39.0 Å². The molecule has 102 valence electrons. The van der Waals surface area contributed by atoms with Gasteiger partial charge in [0.1, 0.15) is 5.78 Å². The van der Waals surface area contributed by atoms with E-state index in [2.05, 4.69) is 6.92 Å². The molecule has 0 aromatic rings. The van der Waals surface area contributed by atoms with Gasteiger partial charge in [0.2, 0.25) is 5.91 Å². The highest BCUT2D eigenvalue weighted by Crippen LogP contribution is 2.43. The van der Waals surface area contributed by atoms with Crippen molar-refractivity contribution >= 4 is 11.7 Å². The Morgan fingerprint density at radius 3 is 2.44 bits per heavy atom. The SMILES string of the molecule is CCC1(C(=O)N2CCCC2CC(C)=O)CCCC1. The molecule has 1 saturated heterocycles. The zero-order valence-electron chi connectivity index (χ0n) is 11.7. The number of amides is 1. The second-order valence-corrected chi connectivity index (χ2v) is 6.04. The van der Waals surface area contributed by atoms with Crippen molar-refractivity contribution in [2.45, 2.75) is 71.3 Å². The zero-order valence-corrected chi connectivity index (χ0v) is 11.7. The summed E-state index contributed by atoms with van der Waals surface area (Å²) in [5, 5.41) is 0. The standard InChI is InChI=1S/C15H25NO2/c1-3-15(8-4-5-9-15)14(18)16-10-6-7-13(16)11-12(2)17/h13H,3-11H2,1-2H3. The fourth-order valence-corrected chi connectivity index (χ4v) is 3.72. The van der Waals surface area contributed by atoms with Crippen LogP contribution in [-0.2, 0) is 9.59 Å². The van der Waals surface area contributed by atoms with E-state index >= 15 is 0 Å². The molecule has 0 radical (unpaired) electrons. The number of carbonyl (C=O) groups is 2. The van der Waals surface area contributed by atoms with Gasteiger partial charge < -0.3 is 4.90 Å². The molecule has 1 saturated carbocycles. The van der Waals surface area contributed by atoms with Crippen LogP contribution < -0.4 is 0 Å². The third kappa shape index (κ3) is 2.45. The van der Waals surface area contributed by atoms with Gasteiger partial charge in [-0.25, -0.2) is 0 Å². The Labute approximate surface area is 110 Å². The van der Waals surface area contributed by atoms with Gasteiger partial charge in [-0.2, -0.15) is 0 Å². The number of likely N-dealkylation sites (tertiary alicyclic amines) is 1. The van der Waals surface area contributed by atoms with Crippen LogP contribution in [-0.4, -0.2) is 29.2 Å². The zero-order chi connectivity index (χ0) is 13.2. The minimum Gasteiger partial charge on any atom is -0.339 e. The summed E-state index contributed by atoms with van der Waals surface area (Å²) in [5.74, 6) is 0.544. The van der Waals surface area contributed by atoms with Crippen LogP contribution in [0.5, 0.6) is 0 Å². The highest BCUT2D eigenvalue weighted by molar-refractivity contribution is 5.84. The van der Waals surface area contributed by atoms with Gasteiger partial charge in [0.15, 0.2) is 0 Å². The van der Waals surface area contributed by atoms with Gasteiger partial charge in [0.05, 0.1) is 0 Å². The molecule has 0 spiro atoms. The van der Waals surface area contributed by atoms with E-state index < -0.39 is 0 Å². The van der Waals surface area contributed by atoms with Gasteiger partial charge in [-0.15, -0.1) is 0 Å². The molecule has 1 heterocycles. The van der Waals surface area contributed by atoms with Crippen molar-refractivity contribution in [3.63, 3.8) is 0 Å². The first-order valence-corrected chi connectivity index (χ1v) is 7.39. The van der Waals surface area contributed by atoms with Crippen LogP contribution in [0.25, 0.3) is 0 Å². The van der Waals surface area contributed by atoms with Crippen molar-refractivity contribution in [1.29, 1.82) is 0 Å². The van der Waals surface area contributed by atoms with Crippen LogP contribution in [0.4, 0.5) is 0 Å². The summed E-state index contributed by atoms with van der Waals surface area (Å²) < 4.78 is 0. The van der Waals surface area contributed by atoms with Gasteiger partial charge in [0.25, 0.3) is 0 Å². The molecule has 0 aromatic carbocycles. The summed E-state index contributed by atoms with van der Waals surface area (Å²) in [6, 6.07) is 0.180. The number of hydrogen-bond donors (Lipinski definition) is 0. The third-order valence-electron chi connectivity index (χ3n) is 4.85. The van der Waals surface area contributed by atoms with E-state index in [0.29, 0.717) is 12.3 Å². The van der Waals surface area contributed by atoms with Crippen molar-refractivity contribution in [1.82, 2.24) is 4.90 Å².